The largest absolute Gasteiger partial charge is 0.393 e. The highest BCUT2D eigenvalue weighted by Crippen LogP contribution is 2.23. The third kappa shape index (κ3) is 3.70. The SMILES string of the molecule is O=C(NCC1CCCCC1O)c1cc(S)ccc1F. The lowest BCUT2D eigenvalue weighted by molar-refractivity contribution is 0.0662. The van der Waals surface area contributed by atoms with Crippen molar-refractivity contribution in [3.63, 3.8) is 0 Å². The molecule has 1 aliphatic carbocycles. The van der Waals surface area contributed by atoms with Gasteiger partial charge in [0.1, 0.15) is 5.82 Å². The molecule has 1 aromatic rings. The fraction of sp³-hybridized carbons (Fsp3) is 0.500. The third-order valence-electron chi connectivity index (χ3n) is 3.59. The number of hydrogen-bond donors (Lipinski definition) is 3. The zero-order valence-corrected chi connectivity index (χ0v) is 11.5. The lowest BCUT2D eigenvalue weighted by Crippen LogP contribution is -2.36. The molecule has 1 fully saturated rings. The summed E-state index contributed by atoms with van der Waals surface area (Å²) in [5, 5.41) is 12.5. The second-order valence-corrected chi connectivity index (χ2v) is 5.50. The van der Waals surface area contributed by atoms with Crippen molar-refractivity contribution < 1.29 is 14.3 Å². The number of carbonyl (C=O) groups is 1. The molecule has 19 heavy (non-hydrogen) atoms. The number of amides is 1. The van der Waals surface area contributed by atoms with E-state index in [2.05, 4.69) is 17.9 Å². The Hall–Kier alpha value is -1.07. The van der Waals surface area contributed by atoms with Gasteiger partial charge in [-0.2, -0.15) is 0 Å². The number of aliphatic hydroxyl groups excluding tert-OH is 1. The van der Waals surface area contributed by atoms with Gasteiger partial charge in [-0.3, -0.25) is 4.79 Å². The quantitative estimate of drug-likeness (QED) is 0.746. The molecule has 0 spiro atoms. The van der Waals surface area contributed by atoms with Gasteiger partial charge in [0.25, 0.3) is 5.91 Å². The minimum Gasteiger partial charge on any atom is -0.393 e. The van der Waals surface area contributed by atoms with E-state index in [1.165, 1.54) is 18.2 Å². The zero-order chi connectivity index (χ0) is 13.8. The van der Waals surface area contributed by atoms with Crippen LogP contribution in [0.25, 0.3) is 0 Å². The molecule has 0 saturated heterocycles. The number of nitrogens with one attached hydrogen (secondary N) is 1. The molecule has 0 heterocycles. The van der Waals surface area contributed by atoms with Gasteiger partial charge in [0.05, 0.1) is 11.7 Å². The summed E-state index contributed by atoms with van der Waals surface area (Å²) in [6.07, 6.45) is 3.41. The van der Waals surface area contributed by atoms with Crippen LogP contribution in [0.5, 0.6) is 0 Å². The summed E-state index contributed by atoms with van der Waals surface area (Å²) in [6, 6.07) is 4.14. The lowest BCUT2D eigenvalue weighted by atomic mass is 9.86. The Bertz CT molecular complexity index is 467. The van der Waals surface area contributed by atoms with Gasteiger partial charge in [0.2, 0.25) is 0 Å². The molecule has 104 valence electrons. The summed E-state index contributed by atoms with van der Waals surface area (Å²) in [6.45, 7) is 0.385. The Labute approximate surface area is 117 Å². The van der Waals surface area contributed by atoms with Crippen molar-refractivity contribution in [1.82, 2.24) is 5.32 Å². The number of halogens is 1. The Morgan fingerprint density at radius 2 is 2.16 bits per heavy atom. The van der Waals surface area contributed by atoms with Crippen LogP contribution in [0, 0.1) is 11.7 Å². The molecule has 3 nitrogen and oxygen atoms in total. The highest BCUT2D eigenvalue weighted by atomic mass is 32.1. The molecule has 0 aromatic heterocycles. The molecule has 2 N–H and O–H groups in total. The van der Waals surface area contributed by atoms with Crippen LogP contribution in [0.2, 0.25) is 0 Å². The number of hydrogen-bond acceptors (Lipinski definition) is 3. The number of benzene rings is 1. The van der Waals surface area contributed by atoms with Crippen molar-refractivity contribution in [3.8, 4) is 0 Å². The Balaban J connectivity index is 1.95. The topological polar surface area (TPSA) is 49.3 Å². The first-order valence-corrected chi connectivity index (χ1v) is 6.97. The van der Waals surface area contributed by atoms with Crippen molar-refractivity contribution in [2.24, 2.45) is 5.92 Å². The van der Waals surface area contributed by atoms with Crippen molar-refractivity contribution >= 4 is 18.5 Å². The average Bonchev–Trinajstić information content (AvgIpc) is 2.40. The predicted molar refractivity (Wildman–Crippen MR) is 74.0 cm³/mol. The van der Waals surface area contributed by atoms with E-state index in [1.807, 2.05) is 0 Å². The number of aliphatic hydroxyl groups is 1. The van der Waals surface area contributed by atoms with E-state index >= 15 is 0 Å². The van der Waals surface area contributed by atoms with Crippen LogP contribution in [0.1, 0.15) is 36.0 Å². The van der Waals surface area contributed by atoms with Crippen LogP contribution in [0.15, 0.2) is 23.1 Å². The molecular formula is C14H18FNO2S. The minimum absolute atomic E-state index is 0.00204. The van der Waals surface area contributed by atoms with E-state index in [4.69, 9.17) is 0 Å². The summed E-state index contributed by atoms with van der Waals surface area (Å²) in [5.41, 5.74) is -0.00204. The normalized spacial score (nSPS) is 23.1. The van der Waals surface area contributed by atoms with Gasteiger partial charge in [-0.15, -0.1) is 12.6 Å². The predicted octanol–water partition coefficient (Wildman–Crippen LogP) is 2.40. The maximum Gasteiger partial charge on any atom is 0.254 e. The molecule has 1 saturated carbocycles. The molecular weight excluding hydrogens is 265 g/mol. The standard InChI is InChI=1S/C14H18FNO2S/c15-12-6-5-10(19)7-11(12)14(18)16-8-9-3-1-2-4-13(9)17/h5-7,9,13,17,19H,1-4,8H2,(H,16,18). The van der Waals surface area contributed by atoms with Gasteiger partial charge in [-0.25, -0.2) is 4.39 Å². The van der Waals surface area contributed by atoms with Gasteiger partial charge in [0.15, 0.2) is 0 Å². The van der Waals surface area contributed by atoms with Crippen LogP contribution < -0.4 is 5.32 Å². The molecule has 2 unspecified atom stereocenters. The van der Waals surface area contributed by atoms with Gasteiger partial charge in [-0.05, 0) is 31.0 Å². The summed E-state index contributed by atoms with van der Waals surface area (Å²) in [4.78, 5) is 12.4. The Morgan fingerprint density at radius 3 is 2.89 bits per heavy atom. The van der Waals surface area contributed by atoms with Crippen molar-refractivity contribution in [2.45, 2.75) is 36.7 Å². The smallest absolute Gasteiger partial charge is 0.254 e. The van der Waals surface area contributed by atoms with Crippen molar-refractivity contribution in [3.05, 3.63) is 29.6 Å². The second-order valence-electron chi connectivity index (χ2n) is 4.99. The molecule has 0 bridgehead atoms. The maximum absolute atomic E-state index is 13.5. The first kappa shape index (κ1) is 14.3. The molecule has 5 heteroatoms. The summed E-state index contributed by atoms with van der Waals surface area (Å²) in [7, 11) is 0. The van der Waals surface area contributed by atoms with Crippen LogP contribution in [0.3, 0.4) is 0 Å². The molecule has 0 radical (unpaired) electrons. The van der Waals surface area contributed by atoms with Crippen LogP contribution >= 0.6 is 12.6 Å². The Kier molecular flexibility index (Phi) is 4.82. The summed E-state index contributed by atoms with van der Waals surface area (Å²) >= 11 is 4.09. The summed E-state index contributed by atoms with van der Waals surface area (Å²) in [5.74, 6) is -0.939. The first-order chi connectivity index (χ1) is 9.08. The van der Waals surface area contributed by atoms with Gasteiger partial charge in [0, 0.05) is 17.4 Å². The van der Waals surface area contributed by atoms with E-state index < -0.39 is 11.7 Å². The van der Waals surface area contributed by atoms with E-state index in [-0.39, 0.29) is 17.6 Å². The van der Waals surface area contributed by atoms with Crippen LogP contribution in [-0.4, -0.2) is 23.7 Å². The molecule has 1 amide bonds. The first-order valence-electron chi connectivity index (χ1n) is 6.52. The fourth-order valence-electron chi connectivity index (χ4n) is 2.43. The average molecular weight is 283 g/mol. The van der Waals surface area contributed by atoms with Crippen LogP contribution in [0.4, 0.5) is 4.39 Å². The highest BCUT2D eigenvalue weighted by molar-refractivity contribution is 7.80. The molecule has 0 aliphatic heterocycles. The number of rotatable bonds is 3. The third-order valence-corrected chi connectivity index (χ3v) is 3.87. The van der Waals surface area contributed by atoms with E-state index in [0.29, 0.717) is 11.4 Å². The van der Waals surface area contributed by atoms with E-state index in [9.17, 15) is 14.3 Å². The zero-order valence-electron chi connectivity index (χ0n) is 10.6. The Morgan fingerprint density at radius 1 is 1.42 bits per heavy atom. The van der Waals surface area contributed by atoms with E-state index in [0.717, 1.165) is 25.7 Å². The van der Waals surface area contributed by atoms with Crippen LogP contribution in [-0.2, 0) is 0 Å². The maximum atomic E-state index is 13.5. The van der Waals surface area contributed by atoms with Gasteiger partial charge < -0.3 is 10.4 Å². The van der Waals surface area contributed by atoms with Crippen molar-refractivity contribution in [2.75, 3.05) is 6.54 Å². The molecule has 2 atom stereocenters. The molecule has 1 aliphatic rings. The second kappa shape index (κ2) is 6.39. The monoisotopic (exact) mass is 283 g/mol. The number of carbonyl (C=O) groups excluding carboxylic acids is 1. The van der Waals surface area contributed by atoms with E-state index in [1.54, 1.807) is 0 Å². The fourth-order valence-corrected chi connectivity index (χ4v) is 2.64. The lowest BCUT2D eigenvalue weighted by Gasteiger charge is -2.27. The highest BCUT2D eigenvalue weighted by Gasteiger charge is 2.23. The summed E-state index contributed by atoms with van der Waals surface area (Å²) < 4.78 is 13.5. The van der Waals surface area contributed by atoms with Crippen molar-refractivity contribution in [1.29, 1.82) is 0 Å². The van der Waals surface area contributed by atoms with Gasteiger partial charge >= 0.3 is 0 Å². The number of thiol groups is 1. The molecule has 1 aromatic carbocycles. The molecule has 2 rings (SSSR count). The minimum atomic E-state index is -0.556. The van der Waals surface area contributed by atoms with Gasteiger partial charge in [-0.1, -0.05) is 12.8 Å².